The summed E-state index contributed by atoms with van der Waals surface area (Å²) in [5.74, 6) is 1.90. The van der Waals surface area contributed by atoms with Crippen molar-refractivity contribution < 1.29 is 4.74 Å². The number of rotatable bonds is 7. The van der Waals surface area contributed by atoms with Crippen LogP contribution in [0.3, 0.4) is 0 Å². The van der Waals surface area contributed by atoms with Crippen molar-refractivity contribution >= 4 is 11.8 Å². The molecule has 0 aliphatic heterocycles. The first-order valence-electron chi connectivity index (χ1n) is 6.50. The summed E-state index contributed by atoms with van der Waals surface area (Å²) in [6.07, 6.45) is 0. The van der Waals surface area contributed by atoms with E-state index in [4.69, 9.17) is 4.74 Å². The number of hydrogen-bond acceptors (Lipinski definition) is 6. The molecule has 0 aliphatic rings. The van der Waals surface area contributed by atoms with E-state index in [1.807, 2.05) is 0 Å². The third-order valence-electron chi connectivity index (χ3n) is 2.93. The highest BCUT2D eigenvalue weighted by molar-refractivity contribution is 5.50. The molecule has 0 radical (unpaired) electrons. The Bertz CT molecular complexity index is 363. The summed E-state index contributed by atoms with van der Waals surface area (Å²) < 4.78 is 5.24. The summed E-state index contributed by atoms with van der Waals surface area (Å²) in [6.45, 7) is 11.8. The van der Waals surface area contributed by atoms with Crippen LogP contribution in [0, 0.1) is 0 Å². The highest BCUT2D eigenvalue weighted by Gasteiger charge is 2.16. The highest BCUT2D eigenvalue weighted by atomic mass is 16.5. The molecule has 0 unspecified atom stereocenters. The fourth-order valence-electron chi connectivity index (χ4n) is 1.80. The van der Waals surface area contributed by atoms with Crippen molar-refractivity contribution in [2.75, 3.05) is 43.1 Å². The van der Waals surface area contributed by atoms with Gasteiger partial charge in [-0.3, -0.25) is 0 Å². The molecule has 1 rings (SSSR count). The smallest absolute Gasteiger partial charge is 0.276 e. The summed E-state index contributed by atoms with van der Waals surface area (Å²) in [6, 6.07) is 0. The molecule has 6 heteroatoms. The Morgan fingerprint density at radius 1 is 0.889 bits per heavy atom. The van der Waals surface area contributed by atoms with Crippen LogP contribution in [0.25, 0.3) is 0 Å². The molecular formula is C12H23N5O. The van der Waals surface area contributed by atoms with Gasteiger partial charge in [-0.1, -0.05) is 0 Å². The lowest BCUT2D eigenvalue weighted by Crippen LogP contribution is -2.28. The van der Waals surface area contributed by atoms with Gasteiger partial charge in [0.2, 0.25) is 5.95 Å². The predicted molar refractivity (Wildman–Crippen MR) is 73.5 cm³/mol. The minimum atomic E-state index is 0.481. The Balaban J connectivity index is 3.15. The fourth-order valence-corrected chi connectivity index (χ4v) is 1.80. The van der Waals surface area contributed by atoms with E-state index in [9.17, 15) is 0 Å². The van der Waals surface area contributed by atoms with Gasteiger partial charge in [-0.25, -0.2) is 0 Å². The van der Waals surface area contributed by atoms with Crippen LogP contribution < -0.4 is 14.5 Å². The van der Waals surface area contributed by atoms with Gasteiger partial charge in [-0.05, 0) is 27.7 Å². The van der Waals surface area contributed by atoms with E-state index in [1.165, 1.54) is 0 Å². The zero-order chi connectivity index (χ0) is 13.5. The average Bonchev–Trinajstić information content (AvgIpc) is 2.42. The lowest BCUT2D eigenvalue weighted by Gasteiger charge is -2.24. The number of methoxy groups -OCH3 is 1. The lowest BCUT2D eigenvalue weighted by atomic mass is 10.4. The largest absolute Gasteiger partial charge is 0.477 e. The van der Waals surface area contributed by atoms with E-state index in [2.05, 4.69) is 52.7 Å². The van der Waals surface area contributed by atoms with E-state index >= 15 is 0 Å². The van der Waals surface area contributed by atoms with E-state index in [1.54, 1.807) is 7.11 Å². The van der Waals surface area contributed by atoms with Gasteiger partial charge in [-0.2, -0.15) is 4.98 Å². The van der Waals surface area contributed by atoms with E-state index in [0.717, 1.165) is 32.0 Å². The highest BCUT2D eigenvalue weighted by Crippen LogP contribution is 2.24. The van der Waals surface area contributed by atoms with Gasteiger partial charge in [0, 0.05) is 26.2 Å². The normalized spacial score (nSPS) is 10.3. The van der Waals surface area contributed by atoms with Crippen LogP contribution >= 0.6 is 0 Å². The monoisotopic (exact) mass is 253 g/mol. The molecule has 0 N–H and O–H groups in total. The van der Waals surface area contributed by atoms with Crippen molar-refractivity contribution in [1.82, 2.24) is 15.2 Å². The third kappa shape index (κ3) is 3.00. The van der Waals surface area contributed by atoms with Gasteiger partial charge in [-0.15, -0.1) is 10.2 Å². The van der Waals surface area contributed by atoms with Gasteiger partial charge in [0.1, 0.15) is 0 Å². The molecule has 0 atom stereocenters. The zero-order valence-corrected chi connectivity index (χ0v) is 12.0. The first-order valence-corrected chi connectivity index (χ1v) is 6.50. The Labute approximate surface area is 109 Å². The van der Waals surface area contributed by atoms with Crippen molar-refractivity contribution in [3.8, 4) is 5.88 Å². The molecule has 0 fully saturated rings. The molecule has 0 aliphatic carbocycles. The topological polar surface area (TPSA) is 54.4 Å². The lowest BCUT2D eigenvalue weighted by molar-refractivity contribution is 0.389. The Morgan fingerprint density at radius 3 is 1.89 bits per heavy atom. The molecule has 102 valence electrons. The van der Waals surface area contributed by atoms with Gasteiger partial charge >= 0.3 is 0 Å². The standard InChI is InChI=1S/C12H23N5O/c1-6-16(7-2)10-11(18-5)14-15-12(13-10)17(8-3)9-4/h6-9H2,1-5H3. The first kappa shape index (κ1) is 14.5. The summed E-state index contributed by atoms with van der Waals surface area (Å²) in [4.78, 5) is 8.76. The maximum Gasteiger partial charge on any atom is 0.276 e. The van der Waals surface area contributed by atoms with Crippen LogP contribution in [0.15, 0.2) is 0 Å². The van der Waals surface area contributed by atoms with Crippen LogP contribution in [0.2, 0.25) is 0 Å². The van der Waals surface area contributed by atoms with Crippen molar-refractivity contribution in [3.05, 3.63) is 0 Å². The molecule has 0 bridgehead atoms. The van der Waals surface area contributed by atoms with Gasteiger partial charge in [0.15, 0.2) is 5.82 Å². The average molecular weight is 253 g/mol. The number of anilines is 2. The maximum atomic E-state index is 5.24. The second-order valence-corrected chi connectivity index (χ2v) is 3.79. The molecule has 0 saturated carbocycles. The van der Waals surface area contributed by atoms with Crippen LogP contribution in [0.5, 0.6) is 5.88 Å². The molecular weight excluding hydrogens is 230 g/mol. The first-order chi connectivity index (χ1) is 8.71. The van der Waals surface area contributed by atoms with Crippen molar-refractivity contribution in [1.29, 1.82) is 0 Å². The van der Waals surface area contributed by atoms with Crippen molar-refractivity contribution in [2.24, 2.45) is 0 Å². The zero-order valence-electron chi connectivity index (χ0n) is 12.0. The van der Waals surface area contributed by atoms with Crippen molar-refractivity contribution in [3.63, 3.8) is 0 Å². The van der Waals surface area contributed by atoms with E-state index < -0.39 is 0 Å². The molecule has 0 saturated heterocycles. The number of hydrogen-bond donors (Lipinski definition) is 0. The predicted octanol–water partition coefficient (Wildman–Crippen LogP) is 1.57. The van der Waals surface area contributed by atoms with Crippen LogP contribution in [0.4, 0.5) is 11.8 Å². The third-order valence-corrected chi connectivity index (χ3v) is 2.93. The van der Waals surface area contributed by atoms with Gasteiger partial charge in [0.05, 0.1) is 7.11 Å². The number of aromatic nitrogens is 3. The molecule has 1 heterocycles. The summed E-state index contributed by atoms with van der Waals surface area (Å²) in [5.41, 5.74) is 0. The second-order valence-electron chi connectivity index (χ2n) is 3.79. The maximum absolute atomic E-state index is 5.24. The second kappa shape index (κ2) is 6.98. The molecule has 0 amide bonds. The molecule has 1 aromatic rings. The SMILES string of the molecule is CCN(CC)c1nnc(OC)c(N(CC)CC)n1. The quantitative estimate of drug-likeness (QED) is 0.735. The molecule has 0 spiro atoms. The minimum absolute atomic E-state index is 0.481. The Morgan fingerprint density at radius 2 is 1.44 bits per heavy atom. The van der Waals surface area contributed by atoms with E-state index in [-0.39, 0.29) is 0 Å². The van der Waals surface area contributed by atoms with Crippen LogP contribution in [-0.4, -0.2) is 48.5 Å². The Hall–Kier alpha value is -1.59. The van der Waals surface area contributed by atoms with Gasteiger partial charge < -0.3 is 14.5 Å². The fraction of sp³-hybridized carbons (Fsp3) is 0.750. The van der Waals surface area contributed by atoms with Crippen LogP contribution in [-0.2, 0) is 0 Å². The summed E-state index contributed by atoms with van der Waals surface area (Å²) in [5, 5.41) is 8.23. The van der Waals surface area contributed by atoms with E-state index in [0.29, 0.717) is 11.8 Å². The van der Waals surface area contributed by atoms with Crippen LogP contribution in [0.1, 0.15) is 27.7 Å². The molecule has 6 nitrogen and oxygen atoms in total. The molecule has 0 aromatic carbocycles. The number of ether oxygens (including phenoxy) is 1. The summed E-state index contributed by atoms with van der Waals surface area (Å²) >= 11 is 0. The van der Waals surface area contributed by atoms with Gasteiger partial charge in [0.25, 0.3) is 5.88 Å². The number of nitrogens with zero attached hydrogens (tertiary/aromatic N) is 5. The van der Waals surface area contributed by atoms with Crippen molar-refractivity contribution in [2.45, 2.75) is 27.7 Å². The molecule has 1 aromatic heterocycles. The minimum Gasteiger partial charge on any atom is -0.477 e. The Kier molecular flexibility index (Phi) is 5.61. The summed E-state index contributed by atoms with van der Waals surface area (Å²) in [7, 11) is 1.59. The molecule has 18 heavy (non-hydrogen) atoms.